The van der Waals surface area contributed by atoms with Gasteiger partial charge in [-0.1, -0.05) is 50.2 Å². The Morgan fingerprint density at radius 2 is 0.885 bits per heavy atom. The van der Waals surface area contributed by atoms with Crippen LogP contribution in [0.1, 0.15) is 22.3 Å². The topological polar surface area (TPSA) is 0 Å². The predicted molar refractivity (Wildman–Crippen MR) is 117 cm³/mol. The molecule has 0 N–H and O–H groups in total. The van der Waals surface area contributed by atoms with E-state index in [9.17, 15) is 0 Å². The van der Waals surface area contributed by atoms with E-state index < -0.39 is 0 Å². The van der Waals surface area contributed by atoms with Gasteiger partial charge in [0.1, 0.15) is 0 Å². The summed E-state index contributed by atoms with van der Waals surface area (Å²) >= 11 is 0. The Bertz CT molecular complexity index is 793. The van der Waals surface area contributed by atoms with Crippen molar-refractivity contribution in [2.24, 2.45) is 0 Å². The number of hydrogen-bond donors (Lipinski definition) is 0. The van der Waals surface area contributed by atoms with Gasteiger partial charge in [-0.25, -0.2) is 0 Å². The average molecular weight is 437 g/mol. The summed E-state index contributed by atoms with van der Waals surface area (Å²) in [6.07, 6.45) is 0. The van der Waals surface area contributed by atoms with E-state index in [4.69, 9.17) is 0 Å². The van der Waals surface area contributed by atoms with Crippen molar-refractivity contribution in [1.82, 2.24) is 0 Å². The minimum absolute atomic E-state index is 0. The standard InChI is InChI=1S/2C11H11.C2H7Si.Zr/c2*1-8-6-7-9(2)11-5-3-4-10(8)11;1-3-2;/h2*3-7H,1-2H3;3H,1-2H3;/q2*-1;;+2. The second-order valence-corrected chi connectivity index (χ2v) is 7.84. The molecule has 0 amide bonds. The molecule has 0 spiro atoms. The van der Waals surface area contributed by atoms with Gasteiger partial charge in [-0.05, 0) is 13.8 Å². The first-order valence-electron chi connectivity index (χ1n) is 8.96. The molecule has 0 bridgehead atoms. The quantitative estimate of drug-likeness (QED) is 0.208. The van der Waals surface area contributed by atoms with Gasteiger partial charge >= 0.3 is 26.2 Å². The molecule has 0 unspecified atom stereocenters. The molecule has 0 aromatic heterocycles. The Labute approximate surface area is 180 Å². The summed E-state index contributed by atoms with van der Waals surface area (Å²) in [6.45, 7) is 13.0. The van der Waals surface area contributed by atoms with E-state index >= 15 is 0 Å². The molecule has 0 aliphatic carbocycles. The van der Waals surface area contributed by atoms with E-state index in [1.54, 1.807) is 0 Å². The Morgan fingerprint density at radius 1 is 0.577 bits per heavy atom. The van der Waals surface area contributed by atoms with Gasteiger partial charge in [0.25, 0.3) is 0 Å². The molecule has 133 valence electrons. The fourth-order valence-corrected chi connectivity index (χ4v) is 3.07. The largest absolute Gasteiger partial charge is 2.00 e. The van der Waals surface area contributed by atoms with Gasteiger partial charge in [-0.3, -0.25) is 0 Å². The number of hydrogen-bond acceptors (Lipinski definition) is 0. The van der Waals surface area contributed by atoms with Crippen molar-refractivity contribution in [2.45, 2.75) is 40.8 Å². The number of fused-ring (bicyclic) bond motifs is 2. The Kier molecular flexibility index (Phi) is 9.47. The molecule has 0 fully saturated rings. The number of rotatable bonds is 0. The van der Waals surface area contributed by atoms with Crippen LogP contribution >= 0.6 is 0 Å². The molecule has 0 atom stereocenters. The smallest absolute Gasteiger partial charge is 0.168 e. The van der Waals surface area contributed by atoms with Crippen LogP contribution in [0.3, 0.4) is 0 Å². The summed E-state index contributed by atoms with van der Waals surface area (Å²) in [4.78, 5) is 0. The summed E-state index contributed by atoms with van der Waals surface area (Å²) in [5.41, 5.74) is 5.48. The van der Waals surface area contributed by atoms with Gasteiger partial charge in [0, 0.05) is 9.52 Å². The maximum Gasteiger partial charge on any atom is 2.00 e. The van der Waals surface area contributed by atoms with E-state index in [2.05, 4.69) is 101 Å². The first-order valence-corrected chi connectivity index (χ1v) is 11.3. The van der Waals surface area contributed by atoms with Crippen LogP contribution in [-0.2, 0) is 26.2 Å². The summed E-state index contributed by atoms with van der Waals surface area (Å²) < 4.78 is 0. The van der Waals surface area contributed by atoms with Gasteiger partial charge in [-0.15, -0.1) is 56.9 Å². The van der Waals surface area contributed by atoms with Crippen LogP contribution in [0.5, 0.6) is 0 Å². The number of aryl methyl sites for hydroxylation is 4. The minimum Gasteiger partial charge on any atom is -0.168 e. The van der Waals surface area contributed by atoms with E-state index in [0.29, 0.717) is 0 Å². The van der Waals surface area contributed by atoms with Gasteiger partial charge in [0.2, 0.25) is 0 Å². The fourth-order valence-electron chi connectivity index (χ4n) is 3.07. The molecule has 0 nitrogen and oxygen atoms in total. The third-order valence-electron chi connectivity index (χ3n) is 4.50. The molecular formula is C24H29SiZr. The molecule has 1 radical (unpaired) electrons. The molecule has 4 rings (SSSR count). The van der Waals surface area contributed by atoms with Crippen LogP contribution < -0.4 is 0 Å². The molecule has 0 aliphatic heterocycles. The maximum atomic E-state index is 2.21. The zero-order valence-electron chi connectivity index (χ0n) is 16.9. The second kappa shape index (κ2) is 10.8. The first kappa shape index (κ1) is 22.8. The molecular weight excluding hydrogens is 408 g/mol. The summed E-state index contributed by atoms with van der Waals surface area (Å²) in [6, 6.07) is 21.7. The Morgan fingerprint density at radius 3 is 1.19 bits per heavy atom. The molecule has 0 saturated carbocycles. The van der Waals surface area contributed by atoms with Crippen LogP contribution in [0.2, 0.25) is 13.1 Å². The van der Waals surface area contributed by atoms with Crippen molar-refractivity contribution in [2.75, 3.05) is 0 Å². The molecule has 4 aromatic carbocycles. The molecule has 0 saturated heterocycles. The van der Waals surface area contributed by atoms with E-state index in [0.717, 1.165) is 9.52 Å². The van der Waals surface area contributed by atoms with Gasteiger partial charge < -0.3 is 0 Å². The SMILES string of the molecule is C[SiH]C.Cc1ccc(C)c2[cH-]ccc12.Cc1ccc(C)c2[cH-]ccc12.[Zr+2]. The van der Waals surface area contributed by atoms with E-state index in [-0.39, 0.29) is 26.2 Å². The normalized spacial score (nSPS) is 9.77. The van der Waals surface area contributed by atoms with Crippen molar-refractivity contribution in [3.05, 3.63) is 82.9 Å². The molecule has 0 aliphatic rings. The molecule has 4 aromatic rings. The maximum absolute atomic E-state index is 2.21. The summed E-state index contributed by atoms with van der Waals surface area (Å²) in [7, 11) is 0.750. The summed E-state index contributed by atoms with van der Waals surface area (Å²) in [5, 5.41) is 5.57. The molecule has 2 heteroatoms. The average Bonchev–Trinajstić information content (AvgIpc) is 3.26. The fraction of sp³-hybridized carbons (Fsp3) is 0.250. The molecule has 26 heavy (non-hydrogen) atoms. The zero-order chi connectivity index (χ0) is 18.4. The van der Waals surface area contributed by atoms with Crippen LogP contribution in [0.25, 0.3) is 21.5 Å². The van der Waals surface area contributed by atoms with Crippen LogP contribution in [0.4, 0.5) is 0 Å². The van der Waals surface area contributed by atoms with Crippen LogP contribution in [-0.4, -0.2) is 9.52 Å². The van der Waals surface area contributed by atoms with Crippen molar-refractivity contribution in [3.8, 4) is 0 Å². The zero-order valence-corrected chi connectivity index (χ0v) is 20.5. The van der Waals surface area contributed by atoms with Gasteiger partial charge in [0.05, 0.1) is 0 Å². The minimum atomic E-state index is 0. The van der Waals surface area contributed by atoms with E-state index in [1.807, 2.05) is 0 Å². The van der Waals surface area contributed by atoms with Crippen molar-refractivity contribution in [3.63, 3.8) is 0 Å². The van der Waals surface area contributed by atoms with Crippen LogP contribution in [0, 0.1) is 27.7 Å². The Balaban J connectivity index is 0.000000219. The van der Waals surface area contributed by atoms with Crippen molar-refractivity contribution in [1.29, 1.82) is 0 Å². The van der Waals surface area contributed by atoms with Crippen LogP contribution in [0.15, 0.2) is 60.7 Å². The van der Waals surface area contributed by atoms with Crippen molar-refractivity contribution < 1.29 is 26.2 Å². The third-order valence-corrected chi connectivity index (χ3v) is 4.50. The van der Waals surface area contributed by atoms with E-state index in [1.165, 1.54) is 43.8 Å². The van der Waals surface area contributed by atoms with Gasteiger partial charge in [-0.2, -0.15) is 24.3 Å². The van der Waals surface area contributed by atoms with Gasteiger partial charge in [0.15, 0.2) is 0 Å². The third kappa shape index (κ3) is 5.38. The van der Waals surface area contributed by atoms with Crippen molar-refractivity contribution >= 4 is 31.1 Å². The second-order valence-electron chi connectivity index (χ2n) is 6.68. The number of benzene rings is 2. The Hall–Kier alpha value is -1.24. The molecule has 0 heterocycles. The first-order chi connectivity index (χ1) is 12.0. The predicted octanol–water partition coefficient (Wildman–Crippen LogP) is 6.87. The monoisotopic (exact) mass is 435 g/mol. The summed E-state index contributed by atoms with van der Waals surface area (Å²) in [5.74, 6) is 0.